The van der Waals surface area contributed by atoms with Crippen molar-refractivity contribution in [1.82, 2.24) is 4.57 Å². The van der Waals surface area contributed by atoms with Crippen LogP contribution in [-0.2, 0) is 6.54 Å². The van der Waals surface area contributed by atoms with Crippen molar-refractivity contribution < 1.29 is 13.2 Å². The third-order valence-corrected chi connectivity index (χ3v) is 4.47. The average molecular weight is 362 g/mol. The molecule has 2 nitrogen and oxygen atoms in total. The summed E-state index contributed by atoms with van der Waals surface area (Å²) in [6.07, 6.45) is 0. The van der Waals surface area contributed by atoms with Crippen LogP contribution in [0.3, 0.4) is 0 Å². The Morgan fingerprint density at radius 2 is 1.68 bits per heavy atom. The molecule has 0 saturated heterocycles. The maximum Gasteiger partial charge on any atom is 0.190 e. The van der Waals surface area contributed by atoms with E-state index in [-0.39, 0.29) is 11.5 Å². The van der Waals surface area contributed by atoms with E-state index in [4.69, 9.17) is 0 Å². The van der Waals surface area contributed by atoms with E-state index in [0.29, 0.717) is 17.3 Å². The van der Waals surface area contributed by atoms with Crippen LogP contribution in [0.1, 0.15) is 13.8 Å². The Kier molecular flexibility index (Phi) is 5.08. The van der Waals surface area contributed by atoms with Gasteiger partial charge >= 0.3 is 0 Å². The minimum atomic E-state index is -0.701. The molecule has 3 aromatic rings. The molecule has 0 amide bonds. The lowest BCUT2D eigenvalue weighted by molar-refractivity contribution is 0.517. The van der Waals surface area contributed by atoms with E-state index in [1.54, 1.807) is 12.1 Å². The number of aromatic nitrogens is 1. The van der Waals surface area contributed by atoms with Crippen LogP contribution in [0.25, 0.3) is 11.3 Å². The van der Waals surface area contributed by atoms with Crippen LogP contribution in [0.5, 0.6) is 0 Å². The summed E-state index contributed by atoms with van der Waals surface area (Å²) in [5.74, 6) is -1.30. The third kappa shape index (κ3) is 4.02. The molecule has 0 saturated carbocycles. The van der Waals surface area contributed by atoms with E-state index in [0.717, 1.165) is 17.3 Å². The third-order valence-electron chi connectivity index (χ3n) is 3.61. The zero-order valence-electron chi connectivity index (χ0n) is 13.8. The molecular formula is C19H17F3N2S. The van der Waals surface area contributed by atoms with E-state index in [1.165, 1.54) is 35.6 Å². The molecule has 0 unspecified atom stereocenters. The number of nitrogens with zero attached hydrogens (tertiary/aromatic N) is 2. The van der Waals surface area contributed by atoms with Gasteiger partial charge in [-0.1, -0.05) is 13.8 Å². The van der Waals surface area contributed by atoms with Crippen LogP contribution < -0.4 is 4.80 Å². The van der Waals surface area contributed by atoms with Crippen molar-refractivity contribution in [2.75, 3.05) is 0 Å². The van der Waals surface area contributed by atoms with Crippen LogP contribution in [0, 0.1) is 23.4 Å². The van der Waals surface area contributed by atoms with Gasteiger partial charge in [0.05, 0.1) is 5.69 Å². The lowest BCUT2D eigenvalue weighted by Crippen LogP contribution is -2.19. The minimum absolute atomic E-state index is 0.0893. The van der Waals surface area contributed by atoms with Crippen LogP contribution in [0.2, 0.25) is 0 Å². The summed E-state index contributed by atoms with van der Waals surface area (Å²) in [5, 5.41) is 1.91. The van der Waals surface area contributed by atoms with Gasteiger partial charge in [0.1, 0.15) is 17.3 Å². The van der Waals surface area contributed by atoms with Crippen molar-refractivity contribution >= 4 is 17.0 Å². The fourth-order valence-electron chi connectivity index (χ4n) is 2.49. The first-order chi connectivity index (χ1) is 11.9. The van der Waals surface area contributed by atoms with Crippen molar-refractivity contribution in [2.45, 2.75) is 20.4 Å². The van der Waals surface area contributed by atoms with Crippen molar-refractivity contribution in [3.63, 3.8) is 0 Å². The number of halogens is 3. The van der Waals surface area contributed by atoms with Crippen molar-refractivity contribution in [2.24, 2.45) is 10.9 Å². The van der Waals surface area contributed by atoms with Gasteiger partial charge in [0.25, 0.3) is 0 Å². The van der Waals surface area contributed by atoms with E-state index < -0.39 is 11.6 Å². The Hall–Kier alpha value is -2.34. The van der Waals surface area contributed by atoms with Gasteiger partial charge in [0.2, 0.25) is 0 Å². The molecule has 1 heterocycles. The highest BCUT2D eigenvalue weighted by Crippen LogP contribution is 2.23. The largest absolute Gasteiger partial charge is 0.316 e. The number of thiazole rings is 1. The molecule has 130 valence electrons. The first-order valence-corrected chi connectivity index (χ1v) is 8.76. The Morgan fingerprint density at radius 3 is 2.32 bits per heavy atom. The summed E-state index contributed by atoms with van der Waals surface area (Å²) < 4.78 is 42.2. The van der Waals surface area contributed by atoms with Gasteiger partial charge in [0.15, 0.2) is 10.6 Å². The van der Waals surface area contributed by atoms with Crippen molar-refractivity contribution in [3.8, 4) is 11.3 Å². The Bertz CT molecular complexity index is 940. The van der Waals surface area contributed by atoms with Gasteiger partial charge in [-0.25, -0.2) is 18.2 Å². The summed E-state index contributed by atoms with van der Waals surface area (Å²) in [5.41, 5.74) is 1.84. The van der Waals surface area contributed by atoms with Crippen LogP contribution in [-0.4, -0.2) is 4.57 Å². The van der Waals surface area contributed by atoms with Gasteiger partial charge in [-0.15, -0.1) is 11.3 Å². The second kappa shape index (κ2) is 7.27. The second-order valence-corrected chi connectivity index (χ2v) is 6.96. The number of hydrogen-bond donors (Lipinski definition) is 0. The molecule has 25 heavy (non-hydrogen) atoms. The topological polar surface area (TPSA) is 17.3 Å². The van der Waals surface area contributed by atoms with Crippen molar-refractivity contribution in [3.05, 3.63) is 70.1 Å². The summed E-state index contributed by atoms with van der Waals surface area (Å²) in [6, 6.07) is 9.55. The number of benzene rings is 2. The molecule has 0 N–H and O–H groups in total. The smallest absolute Gasteiger partial charge is 0.190 e. The average Bonchev–Trinajstić information content (AvgIpc) is 2.93. The normalized spacial score (nSPS) is 12.2. The number of rotatable bonds is 4. The monoisotopic (exact) mass is 362 g/mol. The predicted molar refractivity (Wildman–Crippen MR) is 94.1 cm³/mol. The maximum absolute atomic E-state index is 13.9. The lowest BCUT2D eigenvalue weighted by atomic mass is 10.1. The highest BCUT2D eigenvalue weighted by Gasteiger charge is 2.11. The van der Waals surface area contributed by atoms with E-state index in [9.17, 15) is 13.2 Å². The zero-order chi connectivity index (χ0) is 18.0. The molecule has 6 heteroatoms. The summed E-state index contributed by atoms with van der Waals surface area (Å²) >= 11 is 1.37. The Labute approximate surface area is 147 Å². The van der Waals surface area contributed by atoms with Gasteiger partial charge in [-0.2, -0.15) is 0 Å². The SMILES string of the molecule is CC(C)Cn1c(-c2ccc(F)cc2)csc1=Nc1ccc(F)cc1F. The van der Waals surface area contributed by atoms with Crippen LogP contribution in [0.15, 0.2) is 52.8 Å². The molecule has 1 aromatic heterocycles. The fourth-order valence-corrected chi connectivity index (χ4v) is 3.42. The molecule has 0 aliphatic carbocycles. The molecule has 0 bridgehead atoms. The predicted octanol–water partition coefficient (Wildman–Crippen LogP) is 5.52. The molecule has 2 aromatic carbocycles. The molecule has 0 spiro atoms. The van der Waals surface area contributed by atoms with Crippen LogP contribution in [0.4, 0.5) is 18.9 Å². The van der Waals surface area contributed by atoms with Crippen LogP contribution >= 0.6 is 11.3 Å². The summed E-state index contributed by atoms with van der Waals surface area (Å²) in [7, 11) is 0. The van der Waals surface area contributed by atoms with E-state index in [2.05, 4.69) is 18.8 Å². The summed E-state index contributed by atoms with van der Waals surface area (Å²) in [4.78, 5) is 4.97. The van der Waals surface area contributed by atoms with Gasteiger partial charge in [0, 0.05) is 18.0 Å². The summed E-state index contributed by atoms with van der Waals surface area (Å²) in [6.45, 7) is 4.82. The van der Waals surface area contributed by atoms with E-state index in [1.807, 2.05) is 9.95 Å². The standard InChI is InChI=1S/C19H17F3N2S/c1-12(2)10-24-18(13-3-5-14(20)6-4-13)11-25-19(24)23-17-8-7-15(21)9-16(17)22/h3-9,11-12H,10H2,1-2H3. The van der Waals surface area contributed by atoms with Crippen molar-refractivity contribution in [1.29, 1.82) is 0 Å². The molecule has 0 aliphatic heterocycles. The highest BCUT2D eigenvalue weighted by atomic mass is 32.1. The maximum atomic E-state index is 13.9. The van der Waals surface area contributed by atoms with E-state index >= 15 is 0 Å². The molecule has 0 aliphatic rings. The fraction of sp³-hybridized carbons (Fsp3) is 0.211. The molecule has 0 radical (unpaired) electrons. The zero-order valence-corrected chi connectivity index (χ0v) is 14.7. The second-order valence-electron chi connectivity index (χ2n) is 6.12. The van der Waals surface area contributed by atoms with Gasteiger partial charge in [-0.05, 0) is 47.9 Å². The minimum Gasteiger partial charge on any atom is -0.316 e. The highest BCUT2D eigenvalue weighted by molar-refractivity contribution is 7.07. The molecule has 0 fully saturated rings. The Balaban J connectivity index is 2.13. The number of hydrogen-bond acceptors (Lipinski definition) is 2. The van der Waals surface area contributed by atoms with Gasteiger partial charge < -0.3 is 4.57 Å². The molecule has 3 rings (SSSR count). The molecule has 0 atom stereocenters. The van der Waals surface area contributed by atoms with Gasteiger partial charge in [-0.3, -0.25) is 0 Å². The first-order valence-electron chi connectivity index (χ1n) is 7.88. The Morgan fingerprint density at radius 1 is 1.00 bits per heavy atom. The quantitative estimate of drug-likeness (QED) is 0.581. The molecular weight excluding hydrogens is 345 g/mol. The first kappa shape index (κ1) is 17.5. The lowest BCUT2D eigenvalue weighted by Gasteiger charge is -2.11.